The number of aryl methyl sites for hydroxylation is 1. The van der Waals surface area contributed by atoms with Crippen LogP contribution in [-0.2, 0) is 6.42 Å². The fraction of sp³-hybridized carbons (Fsp3) is 0.455. The predicted molar refractivity (Wildman–Crippen MR) is 55.4 cm³/mol. The summed E-state index contributed by atoms with van der Waals surface area (Å²) in [5.74, 6) is 0.193. The van der Waals surface area contributed by atoms with E-state index in [2.05, 4.69) is 5.32 Å². The highest BCUT2D eigenvalue weighted by atomic mass is 19.4. The average Bonchev–Trinajstić information content (AvgIpc) is 2.18. The summed E-state index contributed by atoms with van der Waals surface area (Å²) in [5.41, 5.74) is 0.760. The van der Waals surface area contributed by atoms with Crippen LogP contribution in [0.2, 0.25) is 0 Å². The van der Waals surface area contributed by atoms with Crippen LogP contribution in [0.25, 0.3) is 0 Å². The quantitative estimate of drug-likeness (QED) is 0.766. The maximum absolute atomic E-state index is 11.8. The largest absolute Gasteiger partial charge is 0.508 e. The Hall–Kier alpha value is -1.23. The van der Waals surface area contributed by atoms with Gasteiger partial charge in [-0.3, -0.25) is 0 Å². The molecule has 0 amide bonds. The summed E-state index contributed by atoms with van der Waals surface area (Å²) in [7, 11) is 0. The number of benzene rings is 1. The molecule has 0 spiro atoms. The van der Waals surface area contributed by atoms with Crippen molar-refractivity contribution in [2.24, 2.45) is 0 Å². The second kappa shape index (κ2) is 5.75. The van der Waals surface area contributed by atoms with Crippen LogP contribution in [0.5, 0.6) is 5.75 Å². The van der Waals surface area contributed by atoms with Crippen LogP contribution in [0.15, 0.2) is 24.3 Å². The van der Waals surface area contributed by atoms with Gasteiger partial charge in [-0.05, 0) is 31.0 Å². The lowest BCUT2D eigenvalue weighted by Crippen LogP contribution is -2.29. The summed E-state index contributed by atoms with van der Waals surface area (Å²) in [4.78, 5) is 0. The molecule has 0 aliphatic heterocycles. The molecule has 1 aromatic carbocycles. The lowest BCUT2D eigenvalue weighted by molar-refractivity contribution is -0.124. The number of aromatic hydroxyl groups is 1. The van der Waals surface area contributed by atoms with E-state index in [-0.39, 0.29) is 12.3 Å². The van der Waals surface area contributed by atoms with Crippen molar-refractivity contribution in [3.05, 3.63) is 29.8 Å². The molecule has 0 aliphatic rings. The van der Waals surface area contributed by atoms with Crippen molar-refractivity contribution < 1.29 is 18.3 Å². The third-order valence-electron chi connectivity index (χ3n) is 2.12. The zero-order chi connectivity index (χ0) is 12.0. The molecule has 1 rings (SSSR count). The van der Waals surface area contributed by atoms with Gasteiger partial charge in [0.1, 0.15) is 5.75 Å². The molecule has 0 fully saturated rings. The van der Waals surface area contributed by atoms with E-state index in [0.29, 0.717) is 12.8 Å². The summed E-state index contributed by atoms with van der Waals surface area (Å²) >= 11 is 0. The Bertz CT molecular complexity index is 325. The maximum Gasteiger partial charge on any atom is 0.401 e. The standard InChI is InChI=1S/C11H14F3NO/c12-11(13,14)8-15-7-3-5-9-4-1-2-6-10(9)16/h1-2,4,6,15-16H,3,5,7-8H2. The lowest BCUT2D eigenvalue weighted by Gasteiger charge is -2.08. The number of nitrogens with one attached hydrogen (secondary N) is 1. The van der Waals surface area contributed by atoms with Crippen molar-refractivity contribution in [3.63, 3.8) is 0 Å². The van der Waals surface area contributed by atoms with Crippen molar-refractivity contribution in [3.8, 4) is 5.75 Å². The molecule has 0 radical (unpaired) electrons. The molecule has 5 heteroatoms. The second-order valence-corrected chi connectivity index (χ2v) is 3.52. The minimum atomic E-state index is -4.16. The van der Waals surface area contributed by atoms with Crippen LogP contribution in [0.4, 0.5) is 13.2 Å². The Labute approximate surface area is 92.1 Å². The Morgan fingerprint density at radius 3 is 2.50 bits per heavy atom. The van der Waals surface area contributed by atoms with Gasteiger partial charge >= 0.3 is 6.18 Å². The van der Waals surface area contributed by atoms with Gasteiger partial charge in [0.2, 0.25) is 0 Å². The summed E-state index contributed by atoms with van der Waals surface area (Å²) in [6, 6.07) is 6.83. The van der Waals surface area contributed by atoms with E-state index < -0.39 is 12.7 Å². The zero-order valence-electron chi connectivity index (χ0n) is 8.72. The van der Waals surface area contributed by atoms with E-state index in [1.54, 1.807) is 24.3 Å². The van der Waals surface area contributed by atoms with Crippen LogP contribution < -0.4 is 5.32 Å². The molecule has 2 nitrogen and oxygen atoms in total. The molecule has 0 bridgehead atoms. The summed E-state index contributed by atoms with van der Waals surface area (Å²) < 4.78 is 35.3. The minimum absolute atomic E-state index is 0.193. The lowest BCUT2D eigenvalue weighted by atomic mass is 10.1. The van der Waals surface area contributed by atoms with Crippen LogP contribution in [-0.4, -0.2) is 24.4 Å². The van der Waals surface area contributed by atoms with Crippen LogP contribution in [0.3, 0.4) is 0 Å². The number of halogens is 3. The van der Waals surface area contributed by atoms with Crippen molar-refractivity contribution >= 4 is 0 Å². The Kier molecular flexibility index (Phi) is 4.61. The number of hydrogen-bond acceptors (Lipinski definition) is 2. The smallest absolute Gasteiger partial charge is 0.401 e. The summed E-state index contributed by atoms with van der Waals surface area (Å²) in [6.07, 6.45) is -3.03. The molecule has 1 aromatic rings. The molecule has 0 aliphatic carbocycles. The molecule has 90 valence electrons. The van der Waals surface area contributed by atoms with Gasteiger partial charge in [-0.25, -0.2) is 0 Å². The van der Waals surface area contributed by atoms with Gasteiger partial charge in [-0.1, -0.05) is 18.2 Å². The molecule has 0 heterocycles. The normalized spacial score (nSPS) is 11.7. The first kappa shape index (κ1) is 12.8. The molecule has 0 atom stereocenters. The first-order valence-electron chi connectivity index (χ1n) is 5.03. The highest BCUT2D eigenvalue weighted by molar-refractivity contribution is 5.31. The van der Waals surface area contributed by atoms with Gasteiger partial charge in [0.15, 0.2) is 0 Å². The van der Waals surface area contributed by atoms with Gasteiger partial charge in [0.25, 0.3) is 0 Å². The van der Waals surface area contributed by atoms with Crippen molar-refractivity contribution in [1.29, 1.82) is 0 Å². The summed E-state index contributed by atoms with van der Waals surface area (Å²) in [6.45, 7) is -0.679. The number of hydrogen-bond donors (Lipinski definition) is 2. The van der Waals surface area contributed by atoms with Crippen LogP contribution >= 0.6 is 0 Å². The van der Waals surface area contributed by atoms with E-state index in [0.717, 1.165) is 5.56 Å². The topological polar surface area (TPSA) is 32.3 Å². The van der Waals surface area contributed by atoms with E-state index in [9.17, 15) is 18.3 Å². The third kappa shape index (κ3) is 5.02. The fourth-order valence-electron chi connectivity index (χ4n) is 1.36. The van der Waals surface area contributed by atoms with E-state index in [1.165, 1.54) is 0 Å². The van der Waals surface area contributed by atoms with Crippen LogP contribution in [0, 0.1) is 0 Å². The number of rotatable bonds is 5. The van der Waals surface area contributed by atoms with E-state index in [1.807, 2.05) is 0 Å². The summed E-state index contributed by atoms with van der Waals surface area (Å²) in [5, 5.41) is 11.7. The Balaban J connectivity index is 2.19. The predicted octanol–water partition coefficient (Wildman–Crippen LogP) is 2.48. The SMILES string of the molecule is Oc1ccccc1CCCNCC(F)(F)F. The Morgan fingerprint density at radius 2 is 1.88 bits per heavy atom. The molecule has 0 aromatic heterocycles. The molecular formula is C11H14F3NO. The maximum atomic E-state index is 11.8. The zero-order valence-corrected chi connectivity index (χ0v) is 8.72. The highest BCUT2D eigenvalue weighted by Gasteiger charge is 2.25. The first-order chi connectivity index (χ1) is 7.49. The number of para-hydroxylation sites is 1. The molecule has 0 saturated heterocycles. The molecule has 2 N–H and O–H groups in total. The van der Waals surface area contributed by atoms with E-state index in [4.69, 9.17) is 0 Å². The van der Waals surface area contributed by atoms with Gasteiger partial charge in [0, 0.05) is 0 Å². The highest BCUT2D eigenvalue weighted by Crippen LogP contribution is 2.17. The number of phenolic OH excluding ortho intramolecular Hbond substituents is 1. The number of alkyl halides is 3. The van der Waals surface area contributed by atoms with Crippen molar-refractivity contribution in [2.75, 3.05) is 13.1 Å². The molecule has 0 unspecified atom stereocenters. The number of phenols is 1. The Morgan fingerprint density at radius 1 is 1.19 bits per heavy atom. The first-order valence-corrected chi connectivity index (χ1v) is 5.03. The van der Waals surface area contributed by atoms with Gasteiger partial charge in [0.05, 0.1) is 6.54 Å². The van der Waals surface area contributed by atoms with Crippen molar-refractivity contribution in [2.45, 2.75) is 19.0 Å². The van der Waals surface area contributed by atoms with Gasteiger partial charge in [-0.2, -0.15) is 13.2 Å². The van der Waals surface area contributed by atoms with Gasteiger partial charge in [-0.15, -0.1) is 0 Å². The molecular weight excluding hydrogens is 219 g/mol. The third-order valence-corrected chi connectivity index (χ3v) is 2.12. The van der Waals surface area contributed by atoms with Crippen molar-refractivity contribution in [1.82, 2.24) is 5.32 Å². The molecule has 16 heavy (non-hydrogen) atoms. The second-order valence-electron chi connectivity index (χ2n) is 3.52. The average molecular weight is 233 g/mol. The molecule has 0 saturated carbocycles. The monoisotopic (exact) mass is 233 g/mol. The fourth-order valence-corrected chi connectivity index (χ4v) is 1.36. The van der Waals surface area contributed by atoms with E-state index >= 15 is 0 Å². The van der Waals surface area contributed by atoms with Crippen LogP contribution in [0.1, 0.15) is 12.0 Å². The minimum Gasteiger partial charge on any atom is -0.508 e. The van der Waals surface area contributed by atoms with Gasteiger partial charge < -0.3 is 10.4 Å².